The summed E-state index contributed by atoms with van der Waals surface area (Å²) in [6, 6.07) is 2.36. The first-order valence-electron chi connectivity index (χ1n) is 4.24. The second-order valence-corrected chi connectivity index (χ2v) is 3.13. The fraction of sp³-hybridized carbons (Fsp3) is 0.750. The van der Waals surface area contributed by atoms with Crippen molar-refractivity contribution < 1.29 is 23.1 Å². The molecule has 0 bridgehead atoms. The molecule has 0 saturated heterocycles. The van der Waals surface area contributed by atoms with Crippen LogP contribution in [0.1, 0.15) is 19.3 Å². The highest BCUT2D eigenvalue weighted by Gasteiger charge is 2.38. The summed E-state index contributed by atoms with van der Waals surface area (Å²) < 4.78 is 31.7. The van der Waals surface area contributed by atoms with Crippen LogP contribution in [0.25, 0.3) is 0 Å². The van der Waals surface area contributed by atoms with Gasteiger partial charge >= 0.3 is 12.1 Å². The number of rotatable bonds is 0. The summed E-state index contributed by atoms with van der Waals surface area (Å²) in [5, 5.41) is 15.5. The number of carbonyl (C=O) groups is 1. The van der Waals surface area contributed by atoms with Gasteiger partial charge in [0.15, 0.2) is 0 Å². The highest BCUT2D eigenvalue weighted by Crippen LogP contribution is 2.22. The van der Waals surface area contributed by atoms with Crippen molar-refractivity contribution in [3.8, 4) is 6.07 Å². The molecule has 0 aromatic rings. The van der Waals surface area contributed by atoms with Crippen molar-refractivity contribution in [1.29, 1.82) is 5.26 Å². The maximum atomic E-state index is 10.6. The van der Waals surface area contributed by atoms with E-state index in [0.717, 1.165) is 19.3 Å². The van der Waals surface area contributed by atoms with Gasteiger partial charge in [0.1, 0.15) is 0 Å². The molecule has 3 N–H and O–H groups in total. The van der Waals surface area contributed by atoms with Crippen LogP contribution in [-0.4, -0.2) is 23.3 Å². The lowest BCUT2D eigenvalue weighted by Crippen LogP contribution is -2.22. The SMILES string of the molecule is N#C[C@@H]1CCC[C@@H]1N.O=C(O)C(F)(F)F. The van der Waals surface area contributed by atoms with E-state index in [1.54, 1.807) is 0 Å². The average molecular weight is 224 g/mol. The number of carboxylic acids is 1. The van der Waals surface area contributed by atoms with Crippen LogP contribution in [0.2, 0.25) is 0 Å². The van der Waals surface area contributed by atoms with Gasteiger partial charge in [-0.05, 0) is 12.8 Å². The molecule has 0 aromatic heterocycles. The quantitative estimate of drug-likeness (QED) is 0.648. The smallest absolute Gasteiger partial charge is 0.475 e. The zero-order chi connectivity index (χ0) is 12.1. The van der Waals surface area contributed by atoms with Crippen LogP contribution in [0.3, 0.4) is 0 Å². The van der Waals surface area contributed by atoms with E-state index in [-0.39, 0.29) is 12.0 Å². The molecule has 1 aliphatic carbocycles. The van der Waals surface area contributed by atoms with E-state index >= 15 is 0 Å². The summed E-state index contributed by atoms with van der Waals surface area (Å²) in [6.45, 7) is 0. The van der Waals surface area contributed by atoms with Gasteiger partial charge in [-0.15, -0.1) is 0 Å². The van der Waals surface area contributed by atoms with Crippen molar-refractivity contribution in [3.63, 3.8) is 0 Å². The molecular formula is C8H11F3N2O2. The largest absolute Gasteiger partial charge is 0.490 e. The fourth-order valence-electron chi connectivity index (χ4n) is 1.15. The first-order chi connectivity index (χ1) is 6.79. The van der Waals surface area contributed by atoms with Crippen molar-refractivity contribution in [2.75, 3.05) is 0 Å². The Morgan fingerprint density at radius 3 is 2.07 bits per heavy atom. The lowest BCUT2D eigenvalue weighted by atomic mass is 10.1. The molecule has 86 valence electrons. The zero-order valence-electron chi connectivity index (χ0n) is 7.79. The maximum absolute atomic E-state index is 10.6. The molecule has 1 aliphatic rings. The van der Waals surface area contributed by atoms with E-state index in [4.69, 9.17) is 20.9 Å². The minimum atomic E-state index is -5.08. The molecule has 4 nitrogen and oxygen atoms in total. The molecule has 0 radical (unpaired) electrons. The Kier molecular flexibility index (Phi) is 5.08. The molecule has 0 spiro atoms. The molecule has 0 heterocycles. The van der Waals surface area contributed by atoms with Gasteiger partial charge in [0.2, 0.25) is 0 Å². The highest BCUT2D eigenvalue weighted by molar-refractivity contribution is 5.73. The van der Waals surface area contributed by atoms with Gasteiger partial charge in [-0.1, -0.05) is 6.42 Å². The van der Waals surface area contributed by atoms with Crippen molar-refractivity contribution in [2.45, 2.75) is 31.5 Å². The summed E-state index contributed by atoms with van der Waals surface area (Å²) in [7, 11) is 0. The Balaban J connectivity index is 0.000000265. The third-order valence-electron chi connectivity index (χ3n) is 1.98. The number of carboxylic acid groups (broad SMARTS) is 1. The van der Waals surface area contributed by atoms with Gasteiger partial charge in [0, 0.05) is 6.04 Å². The summed E-state index contributed by atoms with van der Waals surface area (Å²) in [5.74, 6) is -2.61. The number of halogens is 3. The minimum Gasteiger partial charge on any atom is -0.475 e. The summed E-state index contributed by atoms with van der Waals surface area (Å²) in [4.78, 5) is 8.90. The normalized spacial score (nSPS) is 25.0. The Labute approximate surface area is 84.5 Å². The fourth-order valence-corrected chi connectivity index (χ4v) is 1.15. The molecule has 1 fully saturated rings. The molecule has 0 aromatic carbocycles. The van der Waals surface area contributed by atoms with Gasteiger partial charge in [0.05, 0.1) is 12.0 Å². The minimum absolute atomic E-state index is 0.148. The predicted octanol–water partition coefficient (Wildman–Crippen LogP) is 1.27. The number of nitriles is 1. The van der Waals surface area contributed by atoms with Gasteiger partial charge in [0.25, 0.3) is 0 Å². The van der Waals surface area contributed by atoms with Crippen LogP contribution in [0.4, 0.5) is 13.2 Å². The molecule has 0 unspecified atom stereocenters. The second-order valence-electron chi connectivity index (χ2n) is 3.13. The lowest BCUT2D eigenvalue weighted by molar-refractivity contribution is -0.192. The average Bonchev–Trinajstić information content (AvgIpc) is 2.50. The van der Waals surface area contributed by atoms with Crippen LogP contribution >= 0.6 is 0 Å². The predicted molar refractivity (Wildman–Crippen MR) is 44.6 cm³/mol. The van der Waals surface area contributed by atoms with Gasteiger partial charge in [-0.3, -0.25) is 0 Å². The van der Waals surface area contributed by atoms with Crippen LogP contribution in [-0.2, 0) is 4.79 Å². The number of nitrogens with two attached hydrogens (primary N) is 1. The van der Waals surface area contributed by atoms with E-state index in [1.807, 2.05) is 0 Å². The molecular weight excluding hydrogens is 213 g/mol. The van der Waals surface area contributed by atoms with Gasteiger partial charge in [-0.2, -0.15) is 18.4 Å². The lowest BCUT2D eigenvalue weighted by Gasteiger charge is -2.02. The molecule has 1 rings (SSSR count). The van der Waals surface area contributed by atoms with Crippen LogP contribution in [0.15, 0.2) is 0 Å². The zero-order valence-corrected chi connectivity index (χ0v) is 7.79. The second kappa shape index (κ2) is 5.56. The van der Waals surface area contributed by atoms with E-state index in [1.165, 1.54) is 0 Å². The van der Waals surface area contributed by atoms with E-state index in [2.05, 4.69) is 6.07 Å². The molecule has 15 heavy (non-hydrogen) atoms. The molecule has 0 amide bonds. The van der Waals surface area contributed by atoms with E-state index < -0.39 is 12.1 Å². The Morgan fingerprint density at radius 2 is 1.93 bits per heavy atom. The van der Waals surface area contributed by atoms with Crippen LogP contribution in [0.5, 0.6) is 0 Å². The number of nitrogens with zero attached hydrogens (tertiary/aromatic N) is 1. The number of hydrogen-bond acceptors (Lipinski definition) is 3. The first-order valence-corrected chi connectivity index (χ1v) is 4.24. The molecule has 2 atom stereocenters. The highest BCUT2D eigenvalue weighted by atomic mass is 19.4. The summed E-state index contributed by atoms with van der Waals surface area (Å²) in [6.07, 6.45) is -1.89. The number of alkyl halides is 3. The third kappa shape index (κ3) is 5.22. The van der Waals surface area contributed by atoms with Crippen molar-refractivity contribution >= 4 is 5.97 Å². The van der Waals surface area contributed by atoms with Crippen molar-refractivity contribution in [3.05, 3.63) is 0 Å². The molecule has 0 aliphatic heterocycles. The molecule has 1 saturated carbocycles. The Hall–Kier alpha value is -1.29. The van der Waals surface area contributed by atoms with E-state index in [0.29, 0.717) is 0 Å². The van der Waals surface area contributed by atoms with Crippen LogP contribution < -0.4 is 5.73 Å². The van der Waals surface area contributed by atoms with Gasteiger partial charge in [-0.25, -0.2) is 4.79 Å². The topological polar surface area (TPSA) is 87.1 Å². The molecule has 7 heteroatoms. The van der Waals surface area contributed by atoms with Crippen LogP contribution in [0, 0.1) is 17.2 Å². The number of aliphatic carboxylic acids is 1. The third-order valence-corrected chi connectivity index (χ3v) is 1.98. The van der Waals surface area contributed by atoms with E-state index in [9.17, 15) is 13.2 Å². The first kappa shape index (κ1) is 13.7. The number of hydrogen-bond donors (Lipinski definition) is 2. The maximum Gasteiger partial charge on any atom is 0.490 e. The Bertz CT molecular complexity index is 260. The van der Waals surface area contributed by atoms with Crippen molar-refractivity contribution in [2.24, 2.45) is 11.7 Å². The monoisotopic (exact) mass is 224 g/mol. The summed E-state index contributed by atoms with van der Waals surface area (Å²) in [5.41, 5.74) is 5.57. The van der Waals surface area contributed by atoms with Crippen molar-refractivity contribution in [1.82, 2.24) is 0 Å². The van der Waals surface area contributed by atoms with Gasteiger partial charge < -0.3 is 10.8 Å². The standard InChI is InChI=1S/C6H10N2.C2HF3O2/c7-4-5-2-1-3-6(5)8;3-2(4,5)1(6)7/h5-6H,1-3,8H2;(H,6,7)/t5-,6-;/m0./s1. The Morgan fingerprint density at radius 1 is 1.47 bits per heavy atom. The summed E-state index contributed by atoms with van der Waals surface area (Å²) >= 11 is 0.